The standard InChI is InChI=1S/C10H22ClNO2S/c1-5-10(4,8-11)12-6-7-15(13,14)9(2)3/h9,12H,5-8H2,1-4H3. The van der Waals surface area contributed by atoms with E-state index in [2.05, 4.69) is 5.32 Å². The van der Waals surface area contributed by atoms with Crippen LogP contribution in [0.2, 0.25) is 0 Å². The molecule has 1 atom stereocenters. The van der Waals surface area contributed by atoms with E-state index in [1.54, 1.807) is 13.8 Å². The second-order valence-electron chi connectivity index (χ2n) is 4.39. The van der Waals surface area contributed by atoms with E-state index in [1.165, 1.54) is 0 Å². The van der Waals surface area contributed by atoms with Crippen molar-refractivity contribution in [2.45, 2.75) is 44.9 Å². The highest BCUT2D eigenvalue weighted by molar-refractivity contribution is 7.92. The lowest BCUT2D eigenvalue weighted by Gasteiger charge is -2.27. The summed E-state index contributed by atoms with van der Waals surface area (Å²) in [5, 5.41) is 2.89. The molecule has 0 amide bonds. The highest BCUT2D eigenvalue weighted by Gasteiger charge is 2.22. The molecule has 15 heavy (non-hydrogen) atoms. The maximum Gasteiger partial charge on any atom is 0.153 e. The Kier molecular flexibility index (Phi) is 6.14. The molecule has 0 heterocycles. The number of hydrogen-bond acceptors (Lipinski definition) is 3. The van der Waals surface area contributed by atoms with Crippen LogP contribution in [-0.2, 0) is 9.84 Å². The number of nitrogens with one attached hydrogen (secondary N) is 1. The summed E-state index contributed by atoms with van der Waals surface area (Å²) >= 11 is 5.81. The fraction of sp³-hybridized carbons (Fsp3) is 1.00. The Bertz CT molecular complexity index is 271. The molecule has 5 heteroatoms. The van der Waals surface area contributed by atoms with Crippen molar-refractivity contribution in [2.24, 2.45) is 0 Å². The van der Waals surface area contributed by atoms with Gasteiger partial charge in [-0.2, -0.15) is 0 Å². The van der Waals surface area contributed by atoms with E-state index in [9.17, 15) is 8.42 Å². The average molecular weight is 256 g/mol. The first kappa shape index (κ1) is 15.2. The van der Waals surface area contributed by atoms with E-state index in [1.807, 2.05) is 13.8 Å². The zero-order valence-corrected chi connectivity index (χ0v) is 11.6. The van der Waals surface area contributed by atoms with Gasteiger partial charge < -0.3 is 5.32 Å². The third-order valence-electron chi connectivity index (χ3n) is 2.73. The Morgan fingerprint density at radius 1 is 1.40 bits per heavy atom. The van der Waals surface area contributed by atoms with Crippen LogP contribution in [0.1, 0.15) is 34.1 Å². The molecule has 1 N–H and O–H groups in total. The molecule has 0 aliphatic rings. The zero-order chi connectivity index (χ0) is 12.1. The molecule has 0 bridgehead atoms. The molecule has 0 spiro atoms. The van der Waals surface area contributed by atoms with Gasteiger partial charge in [0.05, 0.1) is 11.0 Å². The first-order valence-corrected chi connectivity index (χ1v) is 7.55. The SMILES string of the molecule is CCC(C)(CCl)NCCS(=O)(=O)C(C)C. The Morgan fingerprint density at radius 2 is 1.93 bits per heavy atom. The van der Waals surface area contributed by atoms with Gasteiger partial charge in [-0.1, -0.05) is 6.92 Å². The van der Waals surface area contributed by atoms with E-state index < -0.39 is 9.84 Å². The van der Waals surface area contributed by atoms with Crippen molar-refractivity contribution in [1.29, 1.82) is 0 Å². The third-order valence-corrected chi connectivity index (χ3v) is 5.53. The topological polar surface area (TPSA) is 46.2 Å². The Labute approximate surface area is 98.5 Å². The molecule has 3 nitrogen and oxygen atoms in total. The van der Waals surface area contributed by atoms with Gasteiger partial charge >= 0.3 is 0 Å². The van der Waals surface area contributed by atoms with Gasteiger partial charge in [-0.15, -0.1) is 11.6 Å². The molecule has 0 radical (unpaired) electrons. The van der Waals surface area contributed by atoms with Crippen LogP contribution in [0.5, 0.6) is 0 Å². The lowest BCUT2D eigenvalue weighted by atomic mass is 10.0. The van der Waals surface area contributed by atoms with Gasteiger partial charge in [-0.3, -0.25) is 0 Å². The first-order valence-electron chi connectivity index (χ1n) is 5.30. The number of hydrogen-bond donors (Lipinski definition) is 1. The lowest BCUT2D eigenvalue weighted by molar-refractivity contribution is 0.392. The fourth-order valence-corrected chi connectivity index (χ4v) is 2.14. The summed E-state index contributed by atoms with van der Waals surface area (Å²) in [6.07, 6.45) is 0.887. The van der Waals surface area contributed by atoms with E-state index in [-0.39, 0.29) is 16.5 Å². The predicted octanol–water partition coefficient (Wildman–Crippen LogP) is 1.81. The van der Waals surface area contributed by atoms with Gasteiger partial charge in [-0.25, -0.2) is 8.42 Å². The second kappa shape index (κ2) is 6.06. The van der Waals surface area contributed by atoms with E-state index in [4.69, 9.17) is 11.6 Å². The summed E-state index contributed by atoms with van der Waals surface area (Å²) < 4.78 is 23.0. The predicted molar refractivity (Wildman–Crippen MR) is 66.3 cm³/mol. The van der Waals surface area contributed by atoms with Crippen molar-refractivity contribution in [3.63, 3.8) is 0 Å². The number of alkyl halides is 1. The van der Waals surface area contributed by atoms with Crippen LogP contribution < -0.4 is 5.32 Å². The monoisotopic (exact) mass is 255 g/mol. The summed E-state index contributed by atoms with van der Waals surface area (Å²) in [5.41, 5.74) is -0.159. The smallest absolute Gasteiger partial charge is 0.153 e. The maximum atomic E-state index is 11.5. The Hall–Kier alpha value is 0.200. The van der Waals surface area contributed by atoms with Crippen LogP contribution in [0.4, 0.5) is 0 Å². The molecule has 0 saturated heterocycles. The van der Waals surface area contributed by atoms with Gasteiger partial charge in [0.2, 0.25) is 0 Å². The van der Waals surface area contributed by atoms with Gasteiger partial charge in [0.1, 0.15) is 0 Å². The summed E-state index contributed by atoms with van der Waals surface area (Å²) in [5.74, 6) is 0.669. The molecule has 0 aromatic carbocycles. The van der Waals surface area contributed by atoms with Gasteiger partial charge in [0, 0.05) is 18.0 Å². The molecule has 0 aromatic heterocycles. The fourth-order valence-electron chi connectivity index (χ4n) is 0.998. The van der Waals surface area contributed by atoms with E-state index in [0.717, 1.165) is 6.42 Å². The normalized spacial score (nSPS) is 16.7. The van der Waals surface area contributed by atoms with Crippen molar-refractivity contribution in [2.75, 3.05) is 18.2 Å². The van der Waals surface area contributed by atoms with Crippen LogP contribution in [-0.4, -0.2) is 37.4 Å². The highest BCUT2D eigenvalue weighted by atomic mass is 35.5. The molecule has 0 aliphatic carbocycles. The summed E-state index contributed by atoms with van der Waals surface area (Å²) in [7, 11) is -2.94. The Morgan fingerprint density at radius 3 is 2.27 bits per heavy atom. The molecule has 0 aliphatic heterocycles. The van der Waals surface area contributed by atoms with Gasteiger partial charge in [0.15, 0.2) is 9.84 Å². The molecule has 0 aromatic rings. The molecular formula is C10H22ClNO2S. The van der Waals surface area contributed by atoms with Crippen molar-refractivity contribution in [1.82, 2.24) is 5.32 Å². The van der Waals surface area contributed by atoms with Crippen LogP contribution >= 0.6 is 11.6 Å². The minimum Gasteiger partial charge on any atom is -0.309 e. The van der Waals surface area contributed by atoms with Crippen LogP contribution in [0.3, 0.4) is 0 Å². The summed E-state index contributed by atoms with van der Waals surface area (Å²) in [4.78, 5) is 0. The first-order chi connectivity index (χ1) is 6.77. The van der Waals surface area contributed by atoms with E-state index >= 15 is 0 Å². The van der Waals surface area contributed by atoms with Crippen molar-refractivity contribution < 1.29 is 8.42 Å². The molecule has 0 fully saturated rings. The number of sulfone groups is 1. The second-order valence-corrected chi connectivity index (χ2v) is 7.33. The quantitative estimate of drug-likeness (QED) is 0.706. The molecule has 92 valence electrons. The van der Waals surface area contributed by atoms with Crippen molar-refractivity contribution in [3.8, 4) is 0 Å². The maximum absolute atomic E-state index is 11.5. The summed E-state index contributed by atoms with van der Waals surface area (Å²) in [6.45, 7) is 7.91. The molecule has 1 unspecified atom stereocenters. The van der Waals surface area contributed by atoms with Crippen molar-refractivity contribution in [3.05, 3.63) is 0 Å². The van der Waals surface area contributed by atoms with E-state index in [0.29, 0.717) is 12.4 Å². The van der Waals surface area contributed by atoms with Gasteiger partial charge in [-0.05, 0) is 27.2 Å². The average Bonchev–Trinajstić information content (AvgIpc) is 2.17. The molecular weight excluding hydrogens is 234 g/mol. The number of halogens is 1. The lowest BCUT2D eigenvalue weighted by Crippen LogP contribution is -2.45. The Balaban J connectivity index is 4.10. The van der Waals surface area contributed by atoms with Crippen LogP contribution in [0.15, 0.2) is 0 Å². The minimum atomic E-state index is -2.94. The van der Waals surface area contributed by atoms with Crippen LogP contribution in [0, 0.1) is 0 Å². The largest absolute Gasteiger partial charge is 0.309 e. The van der Waals surface area contributed by atoms with Gasteiger partial charge in [0.25, 0.3) is 0 Å². The molecule has 0 rings (SSSR count). The number of rotatable bonds is 7. The summed E-state index contributed by atoms with van der Waals surface area (Å²) in [6, 6.07) is 0. The zero-order valence-electron chi connectivity index (χ0n) is 10.0. The third kappa shape index (κ3) is 5.18. The molecule has 0 saturated carbocycles. The van der Waals surface area contributed by atoms with Crippen LogP contribution in [0.25, 0.3) is 0 Å². The minimum absolute atomic E-state index is 0.159. The highest BCUT2D eigenvalue weighted by Crippen LogP contribution is 2.11. The van der Waals surface area contributed by atoms with Crippen molar-refractivity contribution >= 4 is 21.4 Å².